The van der Waals surface area contributed by atoms with Crippen LogP contribution in [0.1, 0.15) is 15.2 Å². The van der Waals surface area contributed by atoms with Crippen molar-refractivity contribution in [2.45, 2.75) is 6.92 Å². The van der Waals surface area contributed by atoms with Crippen molar-refractivity contribution >= 4 is 39.6 Å². The molecule has 122 valence electrons. The molecule has 1 aliphatic rings. The molecule has 22 heavy (non-hydrogen) atoms. The zero-order valence-corrected chi connectivity index (χ0v) is 14.5. The normalized spacial score (nSPS) is 15.4. The summed E-state index contributed by atoms with van der Waals surface area (Å²) in [7, 11) is 1.38. The van der Waals surface area contributed by atoms with Crippen molar-refractivity contribution < 1.29 is 19.2 Å². The van der Waals surface area contributed by atoms with Crippen molar-refractivity contribution in [1.29, 1.82) is 0 Å². The summed E-state index contributed by atoms with van der Waals surface area (Å²) in [5.41, 5.74) is 0.889. The average molecular weight is 344 g/mol. The van der Waals surface area contributed by atoms with Crippen LogP contribution >= 0.6 is 23.6 Å². The smallest absolute Gasteiger partial charge is 0.348 e. The summed E-state index contributed by atoms with van der Waals surface area (Å²) in [5, 5.41) is 7.73. The van der Waals surface area contributed by atoms with Crippen LogP contribution in [0.15, 0.2) is 6.07 Å². The number of anilines is 1. The summed E-state index contributed by atoms with van der Waals surface area (Å²) in [4.78, 5) is 13.7. The first-order chi connectivity index (χ1) is 10.6. The Kier molecular flexibility index (Phi) is 6.56. The number of hydrogen-bond donors (Lipinski definition) is 3. The second kappa shape index (κ2) is 8.42. The molecule has 0 radical (unpaired) electrons. The van der Waals surface area contributed by atoms with E-state index in [9.17, 15) is 4.79 Å². The third-order valence-corrected chi connectivity index (χ3v) is 4.87. The number of thiocarbonyl (C=S) groups is 1. The second-order valence-corrected chi connectivity index (χ2v) is 6.57. The predicted octanol–water partition coefficient (Wildman–Crippen LogP) is 0.0446. The maximum Gasteiger partial charge on any atom is 0.348 e. The Labute approximate surface area is 139 Å². The molecule has 8 heteroatoms. The Bertz CT molecular complexity index is 527. The van der Waals surface area contributed by atoms with E-state index in [4.69, 9.17) is 21.7 Å². The lowest BCUT2D eigenvalue weighted by Gasteiger charge is -2.23. The van der Waals surface area contributed by atoms with Crippen LogP contribution in [0.4, 0.5) is 5.00 Å². The van der Waals surface area contributed by atoms with Gasteiger partial charge in [0.1, 0.15) is 18.0 Å². The lowest BCUT2D eigenvalue weighted by atomic mass is 10.3. The molecule has 1 aliphatic heterocycles. The first-order valence-corrected chi connectivity index (χ1v) is 8.47. The Morgan fingerprint density at radius 1 is 1.50 bits per heavy atom. The zero-order chi connectivity index (χ0) is 15.9. The summed E-state index contributed by atoms with van der Waals surface area (Å²) in [5.74, 6) is -0.314. The summed E-state index contributed by atoms with van der Waals surface area (Å²) in [6.07, 6.45) is 0. The van der Waals surface area contributed by atoms with E-state index < -0.39 is 0 Å². The molecule has 1 saturated heterocycles. The van der Waals surface area contributed by atoms with E-state index in [1.807, 2.05) is 13.0 Å². The number of methoxy groups -OCH3 is 1. The van der Waals surface area contributed by atoms with E-state index >= 15 is 0 Å². The van der Waals surface area contributed by atoms with Gasteiger partial charge in [-0.1, -0.05) is 0 Å². The van der Waals surface area contributed by atoms with Gasteiger partial charge in [0.15, 0.2) is 5.11 Å². The van der Waals surface area contributed by atoms with Gasteiger partial charge in [-0.25, -0.2) is 4.79 Å². The number of nitrogens with one attached hydrogen (secondary N) is 3. The third kappa shape index (κ3) is 4.91. The molecule has 1 aromatic rings. The average Bonchev–Trinajstić information content (AvgIpc) is 2.88. The Hall–Kier alpha value is -1.22. The summed E-state index contributed by atoms with van der Waals surface area (Å²) in [6, 6.07) is 1.90. The van der Waals surface area contributed by atoms with Crippen LogP contribution in [0.5, 0.6) is 0 Å². The molecule has 0 amide bonds. The molecule has 3 N–H and O–H groups in total. The maximum atomic E-state index is 11.6. The summed E-state index contributed by atoms with van der Waals surface area (Å²) < 4.78 is 10.1. The highest BCUT2D eigenvalue weighted by Crippen LogP contribution is 2.27. The molecule has 1 fully saturated rings. The third-order valence-electron chi connectivity index (χ3n) is 3.49. The SMILES string of the molecule is COC(=O)c1sc(NC(=S)NCC[NH+]2CCOCC2)cc1C. The molecule has 2 rings (SSSR count). The van der Waals surface area contributed by atoms with Gasteiger partial charge >= 0.3 is 5.97 Å². The number of rotatable bonds is 5. The van der Waals surface area contributed by atoms with Crippen LogP contribution in [-0.4, -0.2) is 57.6 Å². The minimum atomic E-state index is -0.314. The molecule has 0 saturated carbocycles. The molecule has 0 unspecified atom stereocenters. The fourth-order valence-electron chi connectivity index (χ4n) is 2.26. The molecule has 0 aromatic carbocycles. The number of carbonyl (C=O) groups excluding carboxylic acids is 1. The highest BCUT2D eigenvalue weighted by molar-refractivity contribution is 7.80. The minimum Gasteiger partial charge on any atom is -0.465 e. The fourth-order valence-corrected chi connectivity index (χ4v) is 3.53. The van der Waals surface area contributed by atoms with Crippen LogP contribution in [0.2, 0.25) is 0 Å². The zero-order valence-electron chi connectivity index (χ0n) is 12.9. The van der Waals surface area contributed by atoms with Crippen LogP contribution in [-0.2, 0) is 9.47 Å². The standard InChI is InChI=1S/C14H21N3O3S2/c1-10-9-11(22-12(10)13(18)19-2)16-14(21)15-3-4-17-5-7-20-8-6-17/h9H,3-8H2,1-2H3,(H2,15,16,21)/p+1. The fraction of sp³-hybridized carbons (Fsp3) is 0.571. The van der Waals surface area contributed by atoms with Gasteiger partial charge in [0.2, 0.25) is 0 Å². The lowest BCUT2D eigenvalue weighted by molar-refractivity contribution is -0.906. The number of carbonyl (C=O) groups is 1. The first-order valence-electron chi connectivity index (χ1n) is 7.25. The summed E-state index contributed by atoms with van der Waals surface area (Å²) in [6.45, 7) is 7.48. The van der Waals surface area contributed by atoms with Gasteiger partial charge in [0, 0.05) is 0 Å². The van der Waals surface area contributed by atoms with Gasteiger partial charge < -0.3 is 25.0 Å². The van der Waals surface area contributed by atoms with Crippen molar-refractivity contribution in [1.82, 2.24) is 5.32 Å². The number of aryl methyl sites for hydroxylation is 1. The van der Waals surface area contributed by atoms with E-state index in [2.05, 4.69) is 10.6 Å². The van der Waals surface area contributed by atoms with Crippen molar-refractivity contribution in [3.05, 3.63) is 16.5 Å². The van der Waals surface area contributed by atoms with Gasteiger partial charge in [-0.2, -0.15) is 0 Å². The Morgan fingerprint density at radius 2 is 2.23 bits per heavy atom. The minimum absolute atomic E-state index is 0.314. The van der Waals surface area contributed by atoms with Crippen LogP contribution in [0, 0.1) is 6.92 Å². The molecule has 0 aliphatic carbocycles. The number of esters is 1. The molecule has 1 aromatic heterocycles. The van der Waals surface area contributed by atoms with E-state index in [1.165, 1.54) is 23.3 Å². The lowest BCUT2D eigenvalue weighted by Crippen LogP contribution is -3.14. The predicted molar refractivity (Wildman–Crippen MR) is 91.0 cm³/mol. The number of thiophene rings is 1. The van der Waals surface area contributed by atoms with Gasteiger partial charge in [-0.15, -0.1) is 11.3 Å². The topological polar surface area (TPSA) is 64.0 Å². The maximum absolute atomic E-state index is 11.6. The second-order valence-electron chi connectivity index (χ2n) is 5.11. The number of hydrogen-bond acceptors (Lipinski definition) is 5. The van der Waals surface area contributed by atoms with E-state index in [0.717, 1.165) is 50.0 Å². The monoisotopic (exact) mass is 344 g/mol. The quantitative estimate of drug-likeness (QED) is 0.518. The van der Waals surface area contributed by atoms with Crippen molar-refractivity contribution in [3.63, 3.8) is 0 Å². The number of ether oxygens (including phenoxy) is 2. The molecular formula is C14H22N3O3S2+. The highest BCUT2D eigenvalue weighted by Gasteiger charge is 2.15. The van der Waals surface area contributed by atoms with Gasteiger partial charge in [0.05, 0.1) is 38.4 Å². The Balaban J connectivity index is 1.75. The van der Waals surface area contributed by atoms with Crippen molar-refractivity contribution in [3.8, 4) is 0 Å². The molecule has 0 bridgehead atoms. The van der Waals surface area contributed by atoms with E-state index in [1.54, 1.807) is 0 Å². The summed E-state index contributed by atoms with van der Waals surface area (Å²) >= 11 is 6.63. The Morgan fingerprint density at radius 3 is 2.91 bits per heavy atom. The van der Waals surface area contributed by atoms with Crippen molar-refractivity contribution in [2.75, 3.05) is 51.8 Å². The number of morpholine rings is 1. The molecule has 0 spiro atoms. The van der Waals surface area contributed by atoms with Crippen LogP contribution < -0.4 is 15.5 Å². The highest BCUT2D eigenvalue weighted by atomic mass is 32.1. The van der Waals surface area contributed by atoms with Gasteiger partial charge in [-0.05, 0) is 30.8 Å². The molecule has 6 nitrogen and oxygen atoms in total. The molecular weight excluding hydrogens is 322 g/mol. The van der Waals surface area contributed by atoms with Gasteiger partial charge in [-0.3, -0.25) is 0 Å². The molecule has 2 heterocycles. The van der Waals surface area contributed by atoms with Crippen LogP contribution in [0.25, 0.3) is 0 Å². The van der Waals surface area contributed by atoms with E-state index in [0.29, 0.717) is 9.99 Å². The largest absolute Gasteiger partial charge is 0.465 e. The molecule has 0 atom stereocenters. The van der Waals surface area contributed by atoms with Gasteiger partial charge in [0.25, 0.3) is 0 Å². The van der Waals surface area contributed by atoms with E-state index in [-0.39, 0.29) is 5.97 Å². The number of quaternary nitrogens is 1. The van der Waals surface area contributed by atoms with Crippen molar-refractivity contribution in [2.24, 2.45) is 0 Å². The van der Waals surface area contributed by atoms with Crippen LogP contribution in [0.3, 0.4) is 0 Å². The first kappa shape index (κ1) is 17.1.